The molecule has 0 bridgehead atoms. The molecule has 0 atom stereocenters. The summed E-state index contributed by atoms with van der Waals surface area (Å²) in [6.45, 7) is 0. The number of benzene rings is 9. The summed E-state index contributed by atoms with van der Waals surface area (Å²) in [4.78, 5) is 10.8. The first-order chi connectivity index (χ1) is 27.9. The molecule has 1 aliphatic carbocycles. The lowest BCUT2D eigenvalue weighted by Crippen LogP contribution is -2.20. The normalized spacial score (nSPS) is 11.2. The molecule has 0 saturated heterocycles. The van der Waals surface area contributed by atoms with E-state index in [0.717, 1.165) is 22.8 Å². The Hall–Kier alpha value is -5.71. The van der Waals surface area contributed by atoms with Gasteiger partial charge in [0, 0.05) is 15.0 Å². The van der Waals surface area contributed by atoms with E-state index >= 15 is 0 Å². The average molecular weight is 886 g/mol. The van der Waals surface area contributed by atoms with Crippen molar-refractivity contribution in [3.63, 3.8) is 0 Å². The van der Waals surface area contributed by atoms with Crippen molar-refractivity contribution in [1.29, 1.82) is 0 Å². The molecular weight excluding hydrogens is 849 g/mol. The SMILES string of the molecule is Brc1ccc2c(c1)Cc1c-2ccc2ccccc12.O=[N+]([O-])c1cc(Br)ccc1-c1ccc2ccccc2c1.c1ccc(P(c2ccccc2)c2ccccc2)cc1. The van der Waals surface area contributed by atoms with E-state index in [4.69, 9.17) is 0 Å². The van der Waals surface area contributed by atoms with Gasteiger partial charge >= 0.3 is 0 Å². The second-order valence-electron chi connectivity index (χ2n) is 13.6. The van der Waals surface area contributed by atoms with Crippen LogP contribution in [-0.2, 0) is 6.42 Å². The van der Waals surface area contributed by atoms with Crippen LogP contribution >= 0.6 is 39.8 Å². The molecule has 9 aromatic carbocycles. The highest BCUT2D eigenvalue weighted by molar-refractivity contribution is 9.10. The summed E-state index contributed by atoms with van der Waals surface area (Å²) in [6, 6.07) is 71.0. The molecule has 276 valence electrons. The lowest BCUT2D eigenvalue weighted by Gasteiger charge is -2.18. The van der Waals surface area contributed by atoms with Gasteiger partial charge in [0.15, 0.2) is 0 Å². The van der Waals surface area contributed by atoms with Crippen molar-refractivity contribution in [3.8, 4) is 22.3 Å². The van der Waals surface area contributed by atoms with E-state index in [9.17, 15) is 10.1 Å². The highest BCUT2D eigenvalue weighted by Gasteiger charge is 2.20. The minimum absolute atomic E-state index is 0.106. The van der Waals surface area contributed by atoms with Crippen molar-refractivity contribution < 1.29 is 4.92 Å². The number of halogens is 2. The van der Waals surface area contributed by atoms with Gasteiger partial charge in [0.25, 0.3) is 5.69 Å². The predicted molar refractivity (Wildman–Crippen MR) is 249 cm³/mol. The topological polar surface area (TPSA) is 43.1 Å². The lowest BCUT2D eigenvalue weighted by molar-refractivity contribution is -0.384. The Bertz CT molecular complexity index is 2740. The molecule has 0 N–H and O–H groups in total. The molecule has 0 fully saturated rings. The van der Waals surface area contributed by atoms with Gasteiger partial charge in [0.05, 0.1) is 10.5 Å². The quantitative estimate of drug-likeness (QED) is 0.0982. The highest BCUT2D eigenvalue weighted by atomic mass is 79.9. The maximum Gasteiger partial charge on any atom is 0.278 e. The van der Waals surface area contributed by atoms with E-state index in [1.165, 1.54) is 59.5 Å². The van der Waals surface area contributed by atoms with Gasteiger partial charge in [-0.3, -0.25) is 10.1 Å². The minimum Gasteiger partial charge on any atom is -0.258 e. The molecule has 1 aliphatic rings. The van der Waals surface area contributed by atoms with Crippen molar-refractivity contribution in [2.45, 2.75) is 6.42 Å². The second-order valence-corrected chi connectivity index (χ2v) is 17.7. The van der Waals surface area contributed by atoms with Gasteiger partial charge in [-0.2, -0.15) is 0 Å². The van der Waals surface area contributed by atoms with Gasteiger partial charge < -0.3 is 0 Å². The molecule has 57 heavy (non-hydrogen) atoms. The Morgan fingerprint density at radius 3 is 1.56 bits per heavy atom. The zero-order chi connectivity index (χ0) is 39.1. The van der Waals surface area contributed by atoms with E-state index in [0.29, 0.717) is 10.0 Å². The third kappa shape index (κ3) is 8.67. The maximum atomic E-state index is 11.2. The largest absolute Gasteiger partial charge is 0.278 e. The van der Waals surface area contributed by atoms with Crippen LogP contribution in [0.2, 0.25) is 0 Å². The van der Waals surface area contributed by atoms with Crippen LogP contribution in [-0.4, -0.2) is 4.92 Å². The van der Waals surface area contributed by atoms with Crippen LogP contribution in [0.4, 0.5) is 5.69 Å². The molecule has 3 nitrogen and oxygen atoms in total. The first kappa shape index (κ1) is 38.2. The fourth-order valence-corrected chi connectivity index (χ4v) is 10.4. The van der Waals surface area contributed by atoms with Gasteiger partial charge in [0.2, 0.25) is 0 Å². The summed E-state index contributed by atoms with van der Waals surface area (Å²) in [7, 11) is -0.446. The zero-order valence-corrected chi connectivity index (χ0v) is 34.9. The van der Waals surface area contributed by atoms with Crippen LogP contribution in [0.25, 0.3) is 43.8 Å². The zero-order valence-electron chi connectivity index (χ0n) is 30.8. The summed E-state index contributed by atoms with van der Waals surface area (Å²) >= 11 is 6.83. The summed E-state index contributed by atoms with van der Waals surface area (Å²) in [5, 5.41) is 20.3. The lowest BCUT2D eigenvalue weighted by atomic mass is 9.99. The highest BCUT2D eigenvalue weighted by Crippen LogP contribution is 2.41. The molecule has 0 saturated carbocycles. The number of nitro benzene ring substituents is 1. The van der Waals surface area contributed by atoms with Gasteiger partial charge in [0.1, 0.15) is 0 Å². The number of nitrogens with zero attached hydrogens (tertiary/aromatic N) is 1. The van der Waals surface area contributed by atoms with E-state index in [1.807, 2.05) is 48.5 Å². The number of rotatable bonds is 5. The Balaban J connectivity index is 0.000000120. The average Bonchev–Trinajstić information content (AvgIpc) is 3.63. The first-order valence-corrected chi connectivity index (χ1v) is 21.5. The summed E-state index contributed by atoms with van der Waals surface area (Å²) in [5.74, 6) is 0. The number of nitro groups is 1. The number of hydrogen-bond donors (Lipinski definition) is 0. The van der Waals surface area contributed by atoms with E-state index < -0.39 is 7.92 Å². The predicted octanol–water partition coefficient (Wildman–Crippen LogP) is 13.8. The van der Waals surface area contributed by atoms with Gasteiger partial charge in [-0.25, -0.2) is 0 Å². The molecule has 0 aliphatic heterocycles. The van der Waals surface area contributed by atoms with E-state index in [-0.39, 0.29) is 10.6 Å². The van der Waals surface area contributed by atoms with Crippen LogP contribution in [0.15, 0.2) is 215 Å². The summed E-state index contributed by atoms with van der Waals surface area (Å²) in [6.07, 6.45) is 1.05. The molecule has 9 aromatic rings. The smallest absolute Gasteiger partial charge is 0.258 e. The third-order valence-electron chi connectivity index (χ3n) is 10.0. The van der Waals surface area contributed by atoms with Crippen molar-refractivity contribution in [2.24, 2.45) is 0 Å². The number of hydrogen-bond acceptors (Lipinski definition) is 2. The molecule has 0 heterocycles. The molecule has 6 heteroatoms. The molecule has 0 unspecified atom stereocenters. The van der Waals surface area contributed by atoms with Crippen LogP contribution < -0.4 is 15.9 Å². The third-order valence-corrected chi connectivity index (χ3v) is 13.5. The van der Waals surface area contributed by atoms with Crippen molar-refractivity contribution in [3.05, 3.63) is 236 Å². The molecular formula is C51H36Br2NO2P. The Morgan fingerprint density at radius 2 is 0.947 bits per heavy atom. The standard InChI is InChI=1S/C18H15P.C17H11Br.C16H10BrNO2/c1-4-10-16(11-5-1)19(17-12-6-2-7-13-17)18-14-8-3-9-15-18;18-13-6-8-15-12(9-13)10-17-14-4-2-1-3-11(14)5-7-16(15)17;17-14-7-8-15(16(10-14)18(19)20)13-6-5-11-3-1-2-4-12(11)9-13/h1-15H;1-9H,10H2;1-10H. The van der Waals surface area contributed by atoms with Crippen molar-refractivity contribution in [2.75, 3.05) is 0 Å². The molecule has 0 spiro atoms. The fraction of sp³-hybridized carbons (Fsp3) is 0.0196. The maximum absolute atomic E-state index is 11.2. The second kappa shape index (κ2) is 17.6. The summed E-state index contributed by atoms with van der Waals surface area (Å²) in [5.41, 5.74) is 7.27. The monoisotopic (exact) mass is 883 g/mol. The fourth-order valence-electron chi connectivity index (χ4n) is 7.38. The van der Waals surface area contributed by atoms with Gasteiger partial charge in [-0.05, 0) is 110 Å². The molecule has 0 amide bonds. The van der Waals surface area contributed by atoms with Crippen LogP contribution in [0.1, 0.15) is 11.1 Å². The first-order valence-electron chi connectivity index (χ1n) is 18.6. The summed E-state index contributed by atoms with van der Waals surface area (Å²) < 4.78 is 1.87. The Morgan fingerprint density at radius 1 is 0.456 bits per heavy atom. The van der Waals surface area contributed by atoms with Gasteiger partial charge in [-0.1, -0.05) is 202 Å². The van der Waals surface area contributed by atoms with E-state index in [1.54, 1.807) is 6.07 Å². The van der Waals surface area contributed by atoms with Crippen LogP contribution in [0, 0.1) is 10.1 Å². The number of fused-ring (bicyclic) bond motifs is 6. The molecule has 10 rings (SSSR count). The minimum atomic E-state index is -0.446. The molecule has 0 radical (unpaired) electrons. The Kier molecular flexibility index (Phi) is 11.8. The molecule has 0 aromatic heterocycles. The van der Waals surface area contributed by atoms with E-state index in [2.05, 4.69) is 177 Å². The van der Waals surface area contributed by atoms with Crippen molar-refractivity contribution in [1.82, 2.24) is 0 Å². The van der Waals surface area contributed by atoms with Crippen LogP contribution in [0.5, 0.6) is 0 Å². The van der Waals surface area contributed by atoms with Gasteiger partial charge in [-0.15, -0.1) is 0 Å². The Labute approximate surface area is 350 Å². The van der Waals surface area contributed by atoms with Crippen LogP contribution in [0.3, 0.4) is 0 Å². The van der Waals surface area contributed by atoms with Crippen molar-refractivity contribution >= 4 is 82.9 Å².